The number of rotatable bonds is 16. The molecule has 0 saturated carbocycles. The van der Waals surface area contributed by atoms with Crippen LogP contribution in [0.3, 0.4) is 0 Å². The molecule has 0 amide bonds. The van der Waals surface area contributed by atoms with Crippen LogP contribution in [0, 0.1) is 0 Å². The Morgan fingerprint density at radius 3 is 1.29 bits per heavy atom. The van der Waals surface area contributed by atoms with Gasteiger partial charge in [-0.3, -0.25) is 0 Å². The summed E-state index contributed by atoms with van der Waals surface area (Å²) >= 11 is 0. The van der Waals surface area contributed by atoms with Crippen LogP contribution in [0.25, 0.3) is 56.2 Å². The molecule has 0 aliphatic heterocycles. The Labute approximate surface area is 402 Å². The summed E-state index contributed by atoms with van der Waals surface area (Å²) in [7, 11) is 0. The fraction of sp³-hybridized carbons (Fsp3) is 0. The summed E-state index contributed by atoms with van der Waals surface area (Å²) in [5.41, 5.74) is 18.7. The quantitative estimate of drug-likeness (QED) is 0.0893. The van der Waals surface area contributed by atoms with E-state index in [4.69, 9.17) is 0 Å². The lowest BCUT2D eigenvalue weighted by Crippen LogP contribution is -2.10. The van der Waals surface area contributed by atoms with E-state index in [-0.39, 0.29) is 0 Å². The number of hydrogen-bond acceptors (Lipinski definition) is 2. The summed E-state index contributed by atoms with van der Waals surface area (Å²) in [5.74, 6) is 0. The van der Waals surface area contributed by atoms with Gasteiger partial charge in [-0.15, -0.1) is 0 Å². The van der Waals surface area contributed by atoms with Gasteiger partial charge in [0.05, 0.1) is 0 Å². The number of anilines is 6. The average Bonchev–Trinajstić information content (AvgIpc) is 3.41. The molecule has 0 N–H and O–H groups in total. The molecule has 0 heterocycles. The Kier molecular flexibility index (Phi) is 13.9. The topological polar surface area (TPSA) is 6.48 Å². The van der Waals surface area contributed by atoms with Crippen molar-refractivity contribution in [3.05, 3.63) is 304 Å². The lowest BCUT2D eigenvalue weighted by Gasteiger charge is -2.27. The van der Waals surface area contributed by atoms with E-state index in [1.807, 2.05) is 36.5 Å². The van der Waals surface area contributed by atoms with Gasteiger partial charge in [0.1, 0.15) is 0 Å². The first-order valence-electron chi connectivity index (χ1n) is 22.9. The molecule has 9 rings (SSSR count). The molecule has 2 nitrogen and oxygen atoms in total. The minimum atomic E-state index is 0.988. The van der Waals surface area contributed by atoms with Crippen LogP contribution in [0.5, 0.6) is 0 Å². The Balaban J connectivity index is 1.10. The highest BCUT2D eigenvalue weighted by Crippen LogP contribution is 2.43. The number of nitrogens with zero attached hydrogens (tertiary/aromatic N) is 2. The molecule has 0 bridgehead atoms. The van der Waals surface area contributed by atoms with Gasteiger partial charge in [-0.05, 0) is 134 Å². The van der Waals surface area contributed by atoms with E-state index in [1.165, 1.54) is 11.1 Å². The van der Waals surface area contributed by atoms with Gasteiger partial charge in [-0.25, -0.2) is 0 Å². The van der Waals surface area contributed by atoms with Crippen LogP contribution in [-0.2, 0) is 0 Å². The van der Waals surface area contributed by atoms with Gasteiger partial charge in [0, 0.05) is 34.1 Å². The molecule has 326 valence electrons. The molecule has 0 spiro atoms. The maximum Gasteiger partial charge on any atom is 0.0468 e. The van der Waals surface area contributed by atoms with Gasteiger partial charge in [0.2, 0.25) is 0 Å². The number of allylic oxidation sites excluding steroid dienone is 8. The number of benzene rings is 9. The fourth-order valence-electron chi connectivity index (χ4n) is 8.69. The smallest absolute Gasteiger partial charge is 0.0468 e. The molecule has 9 aromatic carbocycles. The maximum absolute atomic E-state index is 4.24. The maximum atomic E-state index is 4.24. The zero-order chi connectivity index (χ0) is 46.5. The van der Waals surface area contributed by atoms with Crippen molar-refractivity contribution in [2.75, 3.05) is 9.80 Å². The van der Waals surface area contributed by atoms with Crippen molar-refractivity contribution in [1.82, 2.24) is 0 Å². The molecule has 0 unspecified atom stereocenters. The van der Waals surface area contributed by atoms with E-state index < -0.39 is 0 Å². The largest absolute Gasteiger partial charge is 0.310 e. The molecule has 9 aromatic rings. The van der Waals surface area contributed by atoms with E-state index in [2.05, 4.69) is 266 Å². The van der Waals surface area contributed by atoms with Crippen molar-refractivity contribution in [1.29, 1.82) is 0 Å². The minimum Gasteiger partial charge on any atom is -0.310 e. The lowest BCUT2D eigenvalue weighted by atomic mass is 9.90. The summed E-state index contributed by atoms with van der Waals surface area (Å²) < 4.78 is 0. The molecule has 0 atom stereocenters. The second-order valence-corrected chi connectivity index (χ2v) is 16.3. The van der Waals surface area contributed by atoms with Crippen LogP contribution >= 0.6 is 0 Å². The van der Waals surface area contributed by atoms with Crippen molar-refractivity contribution >= 4 is 45.8 Å². The molecule has 2 heteroatoms. The van der Waals surface area contributed by atoms with Crippen molar-refractivity contribution in [3.63, 3.8) is 0 Å². The van der Waals surface area contributed by atoms with E-state index in [1.54, 1.807) is 6.08 Å². The number of para-hydroxylation sites is 2. The van der Waals surface area contributed by atoms with Crippen LogP contribution in [0.1, 0.15) is 11.1 Å². The molecular weight excluding hydrogens is 821 g/mol. The van der Waals surface area contributed by atoms with E-state index in [0.717, 1.165) is 84.2 Å². The first-order chi connectivity index (χ1) is 33.6. The van der Waals surface area contributed by atoms with Crippen molar-refractivity contribution in [3.8, 4) is 44.5 Å². The third-order valence-electron chi connectivity index (χ3n) is 12.0. The Hall–Kier alpha value is -8.98. The summed E-state index contributed by atoms with van der Waals surface area (Å²) in [6.45, 7) is 12.1. The van der Waals surface area contributed by atoms with Gasteiger partial charge in [-0.1, -0.05) is 226 Å². The minimum absolute atomic E-state index is 0.988. The summed E-state index contributed by atoms with van der Waals surface area (Å²) in [6, 6.07) is 82.3. The fourth-order valence-corrected chi connectivity index (χ4v) is 8.69. The highest BCUT2D eigenvalue weighted by atomic mass is 15.1. The van der Waals surface area contributed by atoms with Gasteiger partial charge < -0.3 is 9.80 Å². The first kappa shape index (κ1) is 44.2. The molecule has 0 aliphatic rings. The second-order valence-electron chi connectivity index (χ2n) is 16.3. The SMILES string of the molecule is C=C/C=C\C=C\c1ccc(N(c2ccccc2)c2ccc(-c3ccc(-c4ccc(N(c5ccccc5)c5ccc(-c6ccccc6)cc5)cc4-c4ccccc4)cc3)c(/C(C=C)=C/C=C)c2)cc1. The van der Waals surface area contributed by atoms with E-state index >= 15 is 0 Å². The Morgan fingerprint density at radius 2 is 0.750 bits per heavy atom. The van der Waals surface area contributed by atoms with Crippen LogP contribution in [-0.4, -0.2) is 0 Å². The predicted molar refractivity (Wildman–Crippen MR) is 294 cm³/mol. The molecular formula is C66H52N2. The van der Waals surface area contributed by atoms with Crippen LogP contribution in [0.15, 0.2) is 293 Å². The normalized spacial score (nSPS) is 11.4. The summed E-state index contributed by atoms with van der Waals surface area (Å²) in [4.78, 5) is 4.63. The summed E-state index contributed by atoms with van der Waals surface area (Å²) in [6.07, 6.45) is 15.6. The molecule has 0 radical (unpaired) electrons. The predicted octanol–water partition coefficient (Wildman–Crippen LogP) is 18.8. The van der Waals surface area contributed by atoms with Crippen molar-refractivity contribution in [2.45, 2.75) is 0 Å². The van der Waals surface area contributed by atoms with Gasteiger partial charge in [0.25, 0.3) is 0 Å². The van der Waals surface area contributed by atoms with Gasteiger partial charge in [0.15, 0.2) is 0 Å². The standard InChI is InChI=1S/C66H52N2/c1-4-7-8-13-23-50-32-40-59(41-33-50)67(57-28-18-11-19-29-57)61-44-46-63(65(48-61)51(6-3)22-5-2)55-34-36-56(37-35-55)64-47-45-62(49-66(64)54-26-16-10-17-27-54)68(58-30-20-12-21-31-58)60-42-38-53(39-43-60)52-24-14-9-15-25-52/h4-49H,1-3H2/b8-7-,23-13+,51-22+. The zero-order valence-corrected chi connectivity index (χ0v) is 38.1. The molecule has 0 aromatic heterocycles. The van der Waals surface area contributed by atoms with Crippen molar-refractivity contribution in [2.24, 2.45) is 0 Å². The second kappa shape index (κ2) is 21.3. The Bertz CT molecular complexity index is 3220. The molecule has 0 saturated heterocycles. The molecule has 0 fully saturated rings. The van der Waals surface area contributed by atoms with Gasteiger partial charge >= 0.3 is 0 Å². The van der Waals surface area contributed by atoms with E-state index in [0.29, 0.717) is 0 Å². The van der Waals surface area contributed by atoms with Crippen LogP contribution in [0.2, 0.25) is 0 Å². The van der Waals surface area contributed by atoms with E-state index in [9.17, 15) is 0 Å². The number of hydrogen-bond donors (Lipinski definition) is 0. The lowest BCUT2D eigenvalue weighted by molar-refractivity contribution is 1.28. The highest BCUT2D eigenvalue weighted by molar-refractivity contribution is 5.92. The van der Waals surface area contributed by atoms with Crippen LogP contribution < -0.4 is 9.80 Å². The monoisotopic (exact) mass is 872 g/mol. The Morgan fingerprint density at radius 1 is 0.324 bits per heavy atom. The molecule has 0 aliphatic carbocycles. The zero-order valence-electron chi connectivity index (χ0n) is 38.1. The first-order valence-corrected chi connectivity index (χ1v) is 22.9. The van der Waals surface area contributed by atoms with Gasteiger partial charge in [-0.2, -0.15) is 0 Å². The summed E-state index contributed by atoms with van der Waals surface area (Å²) in [5, 5.41) is 0. The third kappa shape index (κ3) is 9.96. The third-order valence-corrected chi connectivity index (χ3v) is 12.0. The average molecular weight is 873 g/mol. The molecule has 68 heavy (non-hydrogen) atoms. The van der Waals surface area contributed by atoms with Crippen LogP contribution in [0.4, 0.5) is 34.1 Å². The highest BCUT2D eigenvalue weighted by Gasteiger charge is 2.19. The van der Waals surface area contributed by atoms with Crippen molar-refractivity contribution < 1.29 is 0 Å².